The molecule has 7 heteroatoms. The van der Waals surface area contributed by atoms with Crippen molar-refractivity contribution in [2.45, 2.75) is 13.3 Å². The van der Waals surface area contributed by atoms with E-state index in [1.54, 1.807) is 20.4 Å². The molecule has 0 aliphatic carbocycles. The first-order chi connectivity index (χ1) is 11.1. The Morgan fingerprint density at radius 2 is 1.96 bits per heavy atom. The van der Waals surface area contributed by atoms with Crippen LogP contribution in [0, 0.1) is 0 Å². The van der Waals surface area contributed by atoms with Crippen LogP contribution in [0.5, 0.6) is 11.5 Å². The number of aryl methyl sites for hydroxylation is 1. The lowest BCUT2D eigenvalue weighted by Crippen LogP contribution is -2.31. The lowest BCUT2D eigenvalue weighted by Gasteiger charge is -2.09. The van der Waals surface area contributed by atoms with Crippen LogP contribution in [-0.2, 0) is 6.42 Å². The van der Waals surface area contributed by atoms with Crippen molar-refractivity contribution in [2.75, 3.05) is 14.2 Å². The second-order valence-electron chi connectivity index (χ2n) is 5.08. The molecule has 0 saturated heterocycles. The van der Waals surface area contributed by atoms with Crippen LogP contribution in [0.2, 0.25) is 0 Å². The Morgan fingerprint density at radius 1 is 1.26 bits per heavy atom. The Bertz CT molecular complexity index is 901. The number of nitrogens with zero attached hydrogens (tertiary/aromatic N) is 1. The smallest absolute Gasteiger partial charge is 0.284 e. The Kier molecular flexibility index (Phi) is 3.79. The zero-order valence-electron chi connectivity index (χ0n) is 13.2. The van der Waals surface area contributed by atoms with Gasteiger partial charge in [-0.05, 0) is 18.1 Å². The van der Waals surface area contributed by atoms with E-state index in [-0.39, 0.29) is 0 Å². The summed E-state index contributed by atoms with van der Waals surface area (Å²) in [6.07, 6.45) is 2.28. The zero-order valence-corrected chi connectivity index (χ0v) is 13.2. The van der Waals surface area contributed by atoms with E-state index < -0.39 is 5.91 Å². The monoisotopic (exact) mass is 314 g/mol. The van der Waals surface area contributed by atoms with Gasteiger partial charge in [-0.3, -0.25) is 10.2 Å². The highest BCUT2D eigenvalue weighted by Crippen LogP contribution is 2.37. The fourth-order valence-electron chi connectivity index (χ4n) is 2.90. The van der Waals surface area contributed by atoms with E-state index in [9.17, 15) is 4.79 Å². The Labute approximate surface area is 132 Å². The maximum absolute atomic E-state index is 12.0. The van der Waals surface area contributed by atoms with Gasteiger partial charge in [0.15, 0.2) is 11.5 Å². The van der Waals surface area contributed by atoms with Crippen molar-refractivity contribution in [1.82, 2.24) is 15.4 Å². The number of nitrogen functional groups attached to an aromatic ring is 1. The van der Waals surface area contributed by atoms with E-state index in [0.717, 1.165) is 27.4 Å². The van der Waals surface area contributed by atoms with Crippen LogP contribution in [0.25, 0.3) is 21.8 Å². The molecule has 0 saturated carbocycles. The van der Waals surface area contributed by atoms with E-state index in [1.165, 1.54) is 0 Å². The van der Waals surface area contributed by atoms with Gasteiger partial charge in [0, 0.05) is 16.8 Å². The normalized spacial score (nSPS) is 11.0. The first-order valence-electron chi connectivity index (χ1n) is 7.20. The molecule has 1 amide bonds. The van der Waals surface area contributed by atoms with E-state index >= 15 is 0 Å². The fourth-order valence-corrected chi connectivity index (χ4v) is 2.90. The summed E-state index contributed by atoms with van der Waals surface area (Å²) in [5.74, 6) is 6.12. The van der Waals surface area contributed by atoms with Crippen molar-refractivity contribution in [2.24, 2.45) is 5.84 Å². The largest absolute Gasteiger partial charge is 0.493 e. The first-order valence-corrected chi connectivity index (χ1v) is 7.20. The number of nitrogens with two attached hydrogens (primary N) is 1. The number of fused-ring (bicyclic) bond motifs is 3. The molecule has 23 heavy (non-hydrogen) atoms. The molecule has 120 valence electrons. The molecule has 0 atom stereocenters. The number of H-pyrrole nitrogens is 1. The predicted octanol–water partition coefficient (Wildman–Crippen LogP) is 1.90. The van der Waals surface area contributed by atoms with Gasteiger partial charge in [-0.1, -0.05) is 6.92 Å². The zero-order chi connectivity index (χ0) is 16.6. The van der Waals surface area contributed by atoms with Gasteiger partial charge in [0.25, 0.3) is 5.91 Å². The summed E-state index contributed by atoms with van der Waals surface area (Å²) in [6, 6.07) is 3.77. The molecule has 0 unspecified atom stereocenters. The summed E-state index contributed by atoms with van der Waals surface area (Å²) < 4.78 is 10.7. The molecule has 0 bridgehead atoms. The van der Waals surface area contributed by atoms with Crippen molar-refractivity contribution < 1.29 is 14.3 Å². The number of rotatable bonds is 4. The minimum absolute atomic E-state index is 0.332. The molecule has 0 radical (unpaired) electrons. The topological polar surface area (TPSA) is 102 Å². The summed E-state index contributed by atoms with van der Waals surface area (Å²) in [5.41, 5.74) is 5.05. The first kappa shape index (κ1) is 15.1. The Morgan fingerprint density at radius 3 is 2.57 bits per heavy atom. The van der Waals surface area contributed by atoms with E-state index in [2.05, 4.69) is 15.4 Å². The van der Waals surface area contributed by atoms with Crippen LogP contribution < -0.4 is 20.7 Å². The van der Waals surface area contributed by atoms with E-state index in [1.807, 2.05) is 19.1 Å². The Balaban J connectivity index is 2.41. The lowest BCUT2D eigenvalue weighted by molar-refractivity contribution is 0.0948. The number of pyridine rings is 1. The van der Waals surface area contributed by atoms with E-state index in [4.69, 9.17) is 15.3 Å². The van der Waals surface area contributed by atoms with Crippen LogP contribution in [0.3, 0.4) is 0 Å². The fraction of sp³-hybridized carbons (Fsp3) is 0.250. The third kappa shape index (κ3) is 2.25. The number of nitrogens with one attached hydrogen (secondary N) is 2. The lowest BCUT2D eigenvalue weighted by atomic mass is 10.0. The van der Waals surface area contributed by atoms with Gasteiger partial charge in [0.05, 0.1) is 31.4 Å². The van der Waals surface area contributed by atoms with Gasteiger partial charge >= 0.3 is 0 Å². The van der Waals surface area contributed by atoms with Crippen molar-refractivity contribution in [3.05, 3.63) is 29.6 Å². The molecular weight excluding hydrogens is 296 g/mol. The van der Waals surface area contributed by atoms with Gasteiger partial charge in [-0.25, -0.2) is 10.8 Å². The van der Waals surface area contributed by atoms with Crippen LogP contribution in [-0.4, -0.2) is 30.1 Å². The van der Waals surface area contributed by atoms with Crippen molar-refractivity contribution in [3.63, 3.8) is 0 Å². The minimum atomic E-state index is -0.404. The molecule has 2 heterocycles. The molecule has 0 aliphatic rings. The minimum Gasteiger partial charge on any atom is -0.493 e. The number of carbonyl (C=O) groups is 1. The quantitative estimate of drug-likeness (QED) is 0.388. The average molecular weight is 314 g/mol. The summed E-state index contributed by atoms with van der Waals surface area (Å²) >= 11 is 0. The summed E-state index contributed by atoms with van der Waals surface area (Å²) in [5, 5.41) is 1.89. The number of carbonyl (C=O) groups excluding carboxylic acids is 1. The molecule has 7 nitrogen and oxygen atoms in total. The predicted molar refractivity (Wildman–Crippen MR) is 87.7 cm³/mol. The van der Waals surface area contributed by atoms with Crippen LogP contribution >= 0.6 is 0 Å². The molecule has 3 aromatic rings. The van der Waals surface area contributed by atoms with Crippen LogP contribution in [0.15, 0.2) is 18.3 Å². The number of aromatic amines is 1. The number of hydrogen-bond donors (Lipinski definition) is 3. The maximum Gasteiger partial charge on any atom is 0.284 e. The molecular formula is C16H18N4O3. The second-order valence-corrected chi connectivity index (χ2v) is 5.08. The highest BCUT2D eigenvalue weighted by molar-refractivity contribution is 6.12. The van der Waals surface area contributed by atoms with E-state index in [0.29, 0.717) is 23.6 Å². The van der Waals surface area contributed by atoms with Crippen molar-refractivity contribution in [3.8, 4) is 11.5 Å². The van der Waals surface area contributed by atoms with Gasteiger partial charge in [0.1, 0.15) is 5.69 Å². The van der Waals surface area contributed by atoms with Gasteiger partial charge in [0.2, 0.25) is 0 Å². The summed E-state index contributed by atoms with van der Waals surface area (Å²) in [4.78, 5) is 19.5. The van der Waals surface area contributed by atoms with Crippen molar-refractivity contribution in [1.29, 1.82) is 0 Å². The molecule has 4 N–H and O–H groups in total. The summed E-state index contributed by atoms with van der Waals surface area (Å²) in [7, 11) is 3.18. The number of amides is 1. The standard InChI is InChI=1S/C16H18N4O3/c1-4-8-14-9-5-12(22-2)13(23-3)6-10(9)19-11(14)7-18-15(8)16(21)20-17/h5-7,19H,4,17H2,1-3H3,(H,20,21). The number of hydrazine groups is 1. The Hall–Kier alpha value is -2.80. The van der Waals surface area contributed by atoms with Crippen molar-refractivity contribution >= 4 is 27.7 Å². The highest BCUT2D eigenvalue weighted by atomic mass is 16.5. The molecule has 3 rings (SSSR count). The summed E-state index contributed by atoms with van der Waals surface area (Å²) in [6.45, 7) is 1.98. The van der Waals surface area contributed by atoms with Gasteiger partial charge in [-0.2, -0.15) is 0 Å². The third-order valence-electron chi connectivity index (χ3n) is 3.94. The van der Waals surface area contributed by atoms with Crippen LogP contribution in [0.1, 0.15) is 23.0 Å². The molecule has 0 spiro atoms. The number of hydrogen-bond acceptors (Lipinski definition) is 5. The maximum atomic E-state index is 12.0. The SMILES string of the molecule is CCc1c(C(=O)NN)ncc2[nH]c3cc(OC)c(OC)cc3c12. The molecule has 0 fully saturated rings. The number of aromatic nitrogens is 2. The highest BCUT2D eigenvalue weighted by Gasteiger charge is 2.19. The van der Waals surface area contributed by atoms with Gasteiger partial charge in [-0.15, -0.1) is 0 Å². The molecule has 0 aliphatic heterocycles. The number of benzene rings is 1. The molecule has 2 aromatic heterocycles. The van der Waals surface area contributed by atoms with Gasteiger partial charge < -0.3 is 14.5 Å². The number of methoxy groups -OCH3 is 2. The molecule has 1 aromatic carbocycles. The number of ether oxygens (including phenoxy) is 2. The second kappa shape index (κ2) is 5.77. The third-order valence-corrected chi connectivity index (χ3v) is 3.94. The average Bonchev–Trinajstić information content (AvgIpc) is 2.96. The van der Waals surface area contributed by atoms with Crippen LogP contribution in [0.4, 0.5) is 0 Å².